The fourth-order valence-electron chi connectivity index (χ4n) is 2.76. The Hall–Kier alpha value is -2.46. The van der Waals surface area contributed by atoms with Crippen molar-refractivity contribution in [1.82, 2.24) is 4.90 Å². The average Bonchev–Trinajstić information content (AvgIpc) is 2.67. The van der Waals surface area contributed by atoms with Crippen LogP contribution in [0.25, 0.3) is 0 Å². The molecule has 0 aromatic heterocycles. The second kappa shape index (κ2) is 10.9. The van der Waals surface area contributed by atoms with E-state index in [2.05, 4.69) is 6.58 Å². The monoisotopic (exact) mass is 415 g/mol. The molecule has 0 heterocycles. The largest absolute Gasteiger partial charge is 0.486 e. The van der Waals surface area contributed by atoms with E-state index in [1.165, 1.54) is 0 Å². The smallest absolute Gasteiger partial charge is 0.410 e. The van der Waals surface area contributed by atoms with E-state index >= 15 is 0 Å². The SMILES string of the molecule is C=C[C@H](CCCN(Cc1ccccc1)C(=O)OC(C)(C)C)Oc1ccc(Cl)cc1. The molecule has 0 spiro atoms. The molecular formula is C24H30ClNO3. The van der Waals surface area contributed by atoms with Gasteiger partial charge >= 0.3 is 6.09 Å². The average molecular weight is 416 g/mol. The number of nitrogens with zero attached hydrogens (tertiary/aromatic N) is 1. The van der Waals surface area contributed by atoms with Gasteiger partial charge in [-0.2, -0.15) is 0 Å². The zero-order chi connectivity index (χ0) is 21.3. The van der Waals surface area contributed by atoms with Crippen molar-refractivity contribution in [2.75, 3.05) is 6.54 Å². The molecule has 4 nitrogen and oxygen atoms in total. The molecule has 0 saturated heterocycles. The van der Waals surface area contributed by atoms with Crippen LogP contribution in [0.15, 0.2) is 67.3 Å². The second-order valence-corrected chi connectivity index (χ2v) is 8.31. The Morgan fingerprint density at radius 1 is 1.14 bits per heavy atom. The van der Waals surface area contributed by atoms with Crippen molar-refractivity contribution < 1.29 is 14.3 Å². The van der Waals surface area contributed by atoms with Crippen LogP contribution in [0, 0.1) is 0 Å². The normalized spacial score (nSPS) is 12.1. The van der Waals surface area contributed by atoms with E-state index in [-0.39, 0.29) is 12.2 Å². The molecule has 0 aliphatic heterocycles. The minimum absolute atomic E-state index is 0.145. The number of benzene rings is 2. The molecule has 0 aliphatic rings. The molecule has 0 radical (unpaired) electrons. The predicted molar refractivity (Wildman–Crippen MR) is 118 cm³/mol. The van der Waals surface area contributed by atoms with Gasteiger partial charge in [0, 0.05) is 18.1 Å². The van der Waals surface area contributed by atoms with Gasteiger partial charge in [-0.3, -0.25) is 0 Å². The predicted octanol–water partition coefficient (Wildman–Crippen LogP) is 6.49. The van der Waals surface area contributed by atoms with Gasteiger partial charge in [-0.25, -0.2) is 4.79 Å². The number of carbonyl (C=O) groups excluding carboxylic acids is 1. The lowest BCUT2D eigenvalue weighted by Crippen LogP contribution is -2.37. The number of halogens is 1. The highest BCUT2D eigenvalue weighted by atomic mass is 35.5. The quantitative estimate of drug-likeness (QED) is 0.439. The van der Waals surface area contributed by atoms with E-state index in [4.69, 9.17) is 21.1 Å². The van der Waals surface area contributed by atoms with Crippen molar-refractivity contribution >= 4 is 17.7 Å². The molecular weight excluding hydrogens is 386 g/mol. The summed E-state index contributed by atoms with van der Waals surface area (Å²) in [6, 6.07) is 17.2. The highest BCUT2D eigenvalue weighted by Gasteiger charge is 2.22. The van der Waals surface area contributed by atoms with Crippen molar-refractivity contribution in [3.8, 4) is 5.75 Å². The Balaban J connectivity index is 1.95. The van der Waals surface area contributed by atoms with E-state index in [1.807, 2.05) is 63.2 Å². The van der Waals surface area contributed by atoms with Gasteiger partial charge < -0.3 is 14.4 Å². The number of hydrogen-bond acceptors (Lipinski definition) is 3. The third-order valence-corrected chi connectivity index (χ3v) is 4.40. The summed E-state index contributed by atoms with van der Waals surface area (Å²) >= 11 is 5.92. The summed E-state index contributed by atoms with van der Waals surface area (Å²) in [4.78, 5) is 14.4. The third-order valence-electron chi connectivity index (χ3n) is 4.15. The van der Waals surface area contributed by atoms with Gasteiger partial charge in [-0.05, 0) is 63.4 Å². The molecule has 2 aromatic carbocycles. The number of rotatable bonds is 9. The Labute approximate surface area is 179 Å². The first kappa shape index (κ1) is 22.8. The van der Waals surface area contributed by atoms with Crippen molar-refractivity contribution in [1.29, 1.82) is 0 Å². The summed E-state index contributed by atoms with van der Waals surface area (Å²) in [7, 11) is 0. The summed E-state index contributed by atoms with van der Waals surface area (Å²) in [5.41, 5.74) is 0.531. The number of carbonyl (C=O) groups is 1. The van der Waals surface area contributed by atoms with Gasteiger partial charge in [0.15, 0.2) is 0 Å². The Morgan fingerprint density at radius 2 is 1.79 bits per heavy atom. The zero-order valence-corrected chi connectivity index (χ0v) is 18.2. The van der Waals surface area contributed by atoms with Crippen LogP contribution in [0.5, 0.6) is 5.75 Å². The van der Waals surface area contributed by atoms with Crippen molar-refractivity contribution in [2.45, 2.75) is 51.9 Å². The summed E-state index contributed by atoms with van der Waals surface area (Å²) in [5, 5.41) is 0.668. The molecule has 2 aromatic rings. The maximum Gasteiger partial charge on any atom is 0.410 e. The van der Waals surface area contributed by atoms with Gasteiger partial charge in [0.05, 0.1) is 0 Å². The van der Waals surface area contributed by atoms with Crippen LogP contribution in [-0.4, -0.2) is 29.2 Å². The number of hydrogen-bond donors (Lipinski definition) is 0. The molecule has 5 heteroatoms. The van der Waals surface area contributed by atoms with Crippen LogP contribution >= 0.6 is 11.6 Å². The number of amides is 1. The minimum atomic E-state index is -0.534. The van der Waals surface area contributed by atoms with Gasteiger partial charge in [-0.1, -0.05) is 54.6 Å². The van der Waals surface area contributed by atoms with Gasteiger partial charge in [-0.15, -0.1) is 0 Å². The highest BCUT2D eigenvalue weighted by molar-refractivity contribution is 6.30. The van der Waals surface area contributed by atoms with E-state index in [0.29, 0.717) is 18.1 Å². The lowest BCUT2D eigenvalue weighted by Gasteiger charge is -2.28. The molecule has 0 bridgehead atoms. The Bertz CT molecular complexity index is 769. The topological polar surface area (TPSA) is 38.8 Å². The van der Waals surface area contributed by atoms with Crippen molar-refractivity contribution in [3.63, 3.8) is 0 Å². The number of ether oxygens (including phenoxy) is 2. The lowest BCUT2D eigenvalue weighted by molar-refractivity contribution is 0.0226. The van der Waals surface area contributed by atoms with E-state index in [1.54, 1.807) is 23.1 Å². The van der Waals surface area contributed by atoms with E-state index in [9.17, 15) is 4.79 Å². The standard InChI is InChI=1S/C24H30ClNO3/c1-5-21(28-22-15-13-20(25)14-16-22)12-9-17-26(23(27)29-24(2,3)4)18-19-10-7-6-8-11-19/h5-8,10-11,13-16,21H,1,9,12,17-18H2,2-4H3/t21-/m1/s1. The molecule has 2 rings (SSSR count). The van der Waals surface area contributed by atoms with Crippen molar-refractivity contribution in [3.05, 3.63) is 77.8 Å². The van der Waals surface area contributed by atoms with Crippen LogP contribution in [0.2, 0.25) is 5.02 Å². The first-order chi connectivity index (χ1) is 13.8. The maximum absolute atomic E-state index is 12.7. The minimum Gasteiger partial charge on any atom is -0.486 e. The van der Waals surface area contributed by atoms with E-state index in [0.717, 1.165) is 24.2 Å². The van der Waals surface area contributed by atoms with Gasteiger partial charge in [0.2, 0.25) is 0 Å². The molecule has 0 unspecified atom stereocenters. The highest BCUT2D eigenvalue weighted by Crippen LogP contribution is 2.19. The molecule has 0 N–H and O–H groups in total. The summed E-state index contributed by atoms with van der Waals surface area (Å²) < 4.78 is 11.5. The second-order valence-electron chi connectivity index (χ2n) is 7.88. The maximum atomic E-state index is 12.7. The summed E-state index contributed by atoms with van der Waals surface area (Å²) in [6.45, 7) is 10.6. The fourth-order valence-corrected chi connectivity index (χ4v) is 2.89. The Morgan fingerprint density at radius 3 is 2.38 bits per heavy atom. The molecule has 0 fully saturated rings. The van der Waals surface area contributed by atoms with Crippen LogP contribution in [0.3, 0.4) is 0 Å². The molecule has 1 atom stereocenters. The van der Waals surface area contributed by atoms with Gasteiger partial charge in [0.25, 0.3) is 0 Å². The third kappa shape index (κ3) is 8.61. The summed E-state index contributed by atoms with van der Waals surface area (Å²) in [6.07, 6.45) is 2.82. The lowest BCUT2D eigenvalue weighted by atomic mass is 10.1. The fraction of sp³-hybridized carbons (Fsp3) is 0.375. The van der Waals surface area contributed by atoms with Gasteiger partial charge in [0.1, 0.15) is 17.5 Å². The first-order valence-corrected chi connectivity index (χ1v) is 10.2. The molecule has 0 saturated carbocycles. The van der Waals surface area contributed by atoms with E-state index < -0.39 is 5.60 Å². The Kier molecular flexibility index (Phi) is 8.59. The van der Waals surface area contributed by atoms with Crippen LogP contribution in [0.1, 0.15) is 39.2 Å². The summed E-state index contributed by atoms with van der Waals surface area (Å²) in [5.74, 6) is 0.743. The zero-order valence-electron chi connectivity index (χ0n) is 17.4. The van der Waals surface area contributed by atoms with Crippen LogP contribution < -0.4 is 4.74 Å². The molecule has 1 amide bonds. The first-order valence-electron chi connectivity index (χ1n) is 9.83. The molecule has 0 aliphatic carbocycles. The van der Waals surface area contributed by atoms with Crippen LogP contribution in [0.4, 0.5) is 4.79 Å². The molecule has 156 valence electrons. The molecule has 29 heavy (non-hydrogen) atoms. The van der Waals surface area contributed by atoms with Crippen molar-refractivity contribution in [2.24, 2.45) is 0 Å². The van der Waals surface area contributed by atoms with Crippen LogP contribution in [-0.2, 0) is 11.3 Å².